The van der Waals surface area contributed by atoms with Crippen molar-refractivity contribution in [3.63, 3.8) is 0 Å². The summed E-state index contributed by atoms with van der Waals surface area (Å²) >= 11 is 0. The third kappa shape index (κ3) is 22.8. The lowest BCUT2D eigenvalue weighted by molar-refractivity contribution is -0.137. The third-order valence-corrected chi connectivity index (χ3v) is 3.74. The molecule has 7 nitrogen and oxygen atoms in total. The molecule has 26 heavy (non-hydrogen) atoms. The van der Waals surface area contributed by atoms with Crippen molar-refractivity contribution in [2.24, 2.45) is 5.92 Å². The van der Waals surface area contributed by atoms with Gasteiger partial charge in [-0.2, -0.15) is 0 Å². The molecular formula is C19H39NO6. The fourth-order valence-corrected chi connectivity index (χ4v) is 2.01. The summed E-state index contributed by atoms with van der Waals surface area (Å²) in [5, 5.41) is 28.9. The molecule has 0 rings (SSSR count). The van der Waals surface area contributed by atoms with E-state index in [1.54, 1.807) is 0 Å². The second-order valence-electron chi connectivity index (χ2n) is 6.27. The van der Waals surface area contributed by atoms with Gasteiger partial charge in [0.25, 0.3) is 0 Å². The Bertz CT molecular complexity index is 323. The van der Waals surface area contributed by atoms with Gasteiger partial charge in [-0.1, -0.05) is 26.7 Å². The van der Waals surface area contributed by atoms with Crippen LogP contribution in [0.5, 0.6) is 0 Å². The van der Waals surface area contributed by atoms with Gasteiger partial charge in [-0.25, -0.2) is 0 Å². The van der Waals surface area contributed by atoms with E-state index in [9.17, 15) is 9.59 Å². The van der Waals surface area contributed by atoms with E-state index in [1.165, 1.54) is 12.8 Å². The quantitative estimate of drug-likeness (QED) is 0.307. The number of ether oxygens (including phenoxy) is 1. The first kappa shape index (κ1) is 27.0. The highest BCUT2D eigenvalue weighted by atomic mass is 16.5. The van der Waals surface area contributed by atoms with Crippen LogP contribution in [0.3, 0.4) is 0 Å². The monoisotopic (exact) mass is 377 g/mol. The molecule has 0 aliphatic carbocycles. The molecular weight excluding hydrogens is 338 g/mol. The Morgan fingerprint density at radius 2 is 1.65 bits per heavy atom. The van der Waals surface area contributed by atoms with Crippen LogP contribution in [-0.2, 0) is 14.3 Å². The number of aliphatic hydroxyl groups excluding tert-OH is 2. The Labute approximate surface area is 158 Å². The average molecular weight is 378 g/mol. The van der Waals surface area contributed by atoms with Gasteiger partial charge >= 0.3 is 5.97 Å². The number of rotatable bonds is 16. The van der Waals surface area contributed by atoms with E-state index in [0.29, 0.717) is 45.4 Å². The van der Waals surface area contributed by atoms with E-state index in [-0.39, 0.29) is 37.9 Å². The first-order chi connectivity index (χ1) is 12.5. The van der Waals surface area contributed by atoms with Crippen LogP contribution in [0.4, 0.5) is 0 Å². The van der Waals surface area contributed by atoms with Crippen LogP contribution in [-0.4, -0.2) is 60.2 Å². The Hall–Kier alpha value is -1.18. The first-order valence-electron chi connectivity index (χ1n) is 9.79. The molecule has 1 amide bonds. The summed E-state index contributed by atoms with van der Waals surface area (Å²) in [7, 11) is 0. The van der Waals surface area contributed by atoms with E-state index < -0.39 is 5.97 Å². The molecule has 0 aliphatic heterocycles. The minimum Gasteiger partial charge on any atom is -0.481 e. The molecule has 1 unspecified atom stereocenters. The van der Waals surface area contributed by atoms with Gasteiger partial charge in [-0.15, -0.1) is 0 Å². The molecule has 0 radical (unpaired) electrons. The van der Waals surface area contributed by atoms with E-state index in [0.717, 1.165) is 6.42 Å². The Balaban J connectivity index is 0. The zero-order valence-electron chi connectivity index (χ0n) is 16.5. The lowest BCUT2D eigenvalue weighted by Crippen LogP contribution is -2.25. The number of hydrogen-bond acceptors (Lipinski definition) is 5. The predicted octanol–water partition coefficient (Wildman–Crippen LogP) is 2.34. The maximum atomic E-state index is 11.4. The van der Waals surface area contributed by atoms with E-state index in [2.05, 4.69) is 19.2 Å². The predicted molar refractivity (Wildman–Crippen MR) is 102 cm³/mol. The van der Waals surface area contributed by atoms with Crippen LogP contribution in [0.1, 0.15) is 71.6 Å². The van der Waals surface area contributed by atoms with E-state index in [4.69, 9.17) is 20.1 Å². The van der Waals surface area contributed by atoms with Crippen molar-refractivity contribution >= 4 is 11.9 Å². The van der Waals surface area contributed by atoms with Gasteiger partial charge in [0.05, 0.1) is 0 Å². The molecule has 0 aromatic carbocycles. The molecule has 0 fully saturated rings. The Morgan fingerprint density at radius 3 is 2.19 bits per heavy atom. The lowest BCUT2D eigenvalue weighted by atomic mass is 10.0. The van der Waals surface area contributed by atoms with E-state index >= 15 is 0 Å². The highest BCUT2D eigenvalue weighted by Gasteiger charge is 2.08. The maximum absolute atomic E-state index is 11.4. The first-order valence-corrected chi connectivity index (χ1v) is 9.79. The van der Waals surface area contributed by atoms with Crippen molar-refractivity contribution in [1.82, 2.24) is 5.32 Å². The summed E-state index contributed by atoms with van der Waals surface area (Å²) in [5.74, 6) is -0.773. The normalized spacial score (nSPS) is 11.4. The number of hydrogen-bond donors (Lipinski definition) is 4. The highest BCUT2D eigenvalue weighted by Crippen LogP contribution is 2.11. The van der Waals surface area contributed by atoms with Gasteiger partial charge in [0.2, 0.25) is 5.91 Å². The number of carbonyl (C=O) groups is 2. The van der Waals surface area contributed by atoms with Crippen LogP contribution in [0.2, 0.25) is 0 Å². The maximum Gasteiger partial charge on any atom is 0.303 e. The molecule has 0 bridgehead atoms. The molecule has 156 valence electrons. The van der Waals surface area contributed by atoms with Crippen molar-refractivity contribution in [2.75, 3.05) is 33.0 Å². The Kier molecular flexibility index (Phi) is 22.7. The molecule has 0 aliphatic rings. The van der Waals surface area contributed by atoms with Crippen LogP contribution in [0.25, 0.3) is 0 Å². The number of carboxylic acids is 1. The number of aliphatic carboxylic acids is 1. The van der Waals surface area contributed by atoms with Gasteiger partial charge in [-0.3, -0.25) is 9.59 Å². The highest BCUT2D eigenvalue weighted by molar-refractivity contribution is 5.76. The number of carbonyl (C=O) groups excluding carboxylic acids is 1. The summed E-state index contributed by atoms with van der Waals surface area (Å²) in [6, 6.07) is 0. The minimum atomic E-state index is -0.889. The van der Waals surface area contributed by atoms with Gasteiger partial charge in [-0.05, 0) is 38.0 Å². The summed E-state index contributed by atoms with van der Waals surface area (Å²) in [5.41, 5.74) is 0. The lowest BCUT2D eigenvalue weighted by Gasteiger charge is -2.15. The SMILES string of the molecule is CCCC.O=C(O)CCCC(=O)NCCCOCC(CCO)CCCO. The van der Waals surface area contributed by atoms with Gasteiger partial charge in [0, 0.05) is 45.8 Å². The topological polar surface area (TPSA) is 116 Å². The van der Waals surface area contributed by atoms with Crippen molar-refractivity contribution in [2.45, 2.75) is 71.6 Å². The van der Waals surface area contributed by atoms with Crippen molar-refractivity contribution in [1.29, 1.82) is 0 Å². The average Bonchev–Trinajstić information content (AvgIpc) is 2.62. The molecule has 0 aromatic rings. The molecule has 0 saturated carbocycles. The van der Waals surface area contributed by atoms with Crippen LogP contribution in [0.15, 0.2) is 0 Å². The number of nitrogens with one attached hydrogen (secondary N) is 1. The zero-order chi connectivity index (χ0) is 20.0. The summed E-state index contributed by atoms with van der Waals surface area (Å²) in [6.07, 6.45) is 6.13. The molecule has 4 N–H and O–H groups in total. The number of amides is 1. The largest absolute Gasteiger partial charge is 0.481 e. The number of aliphatic hydroxyl groups is 2. The standard InChI is InChI=1S/C15H29NO6.C4H10/c17-9-2-4-13(7-10-18)12-22-11-3-8-16-14(19)5-1-6-15(20)21;1-3-4-2/h13,17-18H,1-12H2,(H,16,19)(H,20,21);3-4H2,1-2H3. The molecule has 7 heteroatoms. The molecule has 0 spiro atoms. The van der Waals surface area contributed by atoms with E-state index in [1.807, 2.05) is 0 Å². The van der Waals surface area contributed by atoms with Crippen LogP contribution in [0, 0.1) is 5.92 Å². The second-order valence-corrected chi connectivity index (χ2v) is 6.27. The molecule has 0 heterocycles. The second kappa shape index (κ2) is 21.9. The molecule has 1 atom stereocenters. The smallest absolute Gasteiger partial charge is 0.303 e. The Morgan fingerprint density at radius 1 is 0.962 bits per heavy atom. The number of carboxylic acid groups (broad SMARTS) is 1. The van der Waals surface area contributed by atoms with Crippen molar-refractivity contribution in [3.8, 4) is 0 Å². The zero-order valence-corrected chi connectivity index (χ0v) is 16.5. The van der Waals surface area contributed by atoms with Crippen molar-refractivity contribution < 1.29 is 29.6 Å². The molecule has 0 saturated heterocycles. The van der Waals surface area contributed by atoms with Gasteiger partial charge in [0.1, 0.15) is 0 Å². The van der Waals surface area contributed by atoms with Crippen LogP contribution >= 0.6 is 0 Å². The fraction of sp³-hybridized carbons (Fsp3) is 0.895. The number of unbranched alkanes of at least 4 members (excludes halogenated alkanes) is 1. The minimum absolute atomic E-state index is 0.0105. The third-order valence-electron chi connectivity index (χ3n) is 3.74. The summed E-state index contributed by atoms with van der Waals surface area (Å²) in [4.78, 5) is 21.7. The van der Waals surface area contributed by atoms with Crippen LogP contribution < -0.4 is 5.32 Å². The summed E-state index contributed by atoms with van der Waals surface area (Å²) < 4.78 is 5.52. The van der Waals surface area contributed by atoms with Gasteiger partial charge < -0.3 is 25.4 Å². The fourth-order valence-electron chi connectivity index (χ4n) is 2.01. The molecule has 0 aromatic heterocycles. The van der Waals surface area contributed by atoms with Crippen molar-refractivity contribution in [3.05, 3.63) is 0 Å². The summed E-state index contributed by atoms with van der Waals surface area (Å²) in [6.45, 7) is 6.21. The van der Waals surface area contributed by atoms with Gasteiger partial charge in [0.15, 0.2) is 0 Å².